The fourth-order valence-corrected chi connectivity index (χ4v) is 2.75. The second-order valence-electron chi connectivity index (χ2n) is 5.18. The van der Waals surface area contributed by atoms with E-state index in [1.54, 1.807) is 18.0 Å². The average molecular weight is 317 g/mol. The number of aryl methyl sites for hydroxylation is 2. The Balaban J connectivity index is 2.83. The van der Waals surface area contributed by atoms with Crippen molar-refractivity contribution in [2.24, 2.45) is 0 Å². The Kier molecular flexibility index (Phi) is 7.89. The molecule has 0 aliphatic rings. The Labute approximate surface area is 139 Å². The van der Waals surface area contributed by atoms with Crippen molar-refractivity contribution in [3.05, 3.63) is 58.7 Å². The summed E-state index contributed by atoms with van der Waals surface area (Å²) in [5.74, 6) is 0. The monoisotopic (exact) mass is 317 g/mol. The molecule has 2 nitrogen and oxygen atoms in total. The lowest BCUT2D eigenvalue weighted by Gasteiger charge is -2.13. The summed E-state index contributed by atoms with van der Waals surface area (Å²) in [6.07, 6.45) is 5.83. The first kappa shape index (κ1) is 18.4. The van der Waals surface area contributed by atoms with Gasteiger partial charge >= 0.3 is 0 Å². The number of hydrogen-bond donors (Lipinski definition) is 1. The van der Waals surface area contributed by atoms with Crippen LogP contribution in [0.15, 0.2) is 52.5 Å². The van der Waals surface area contributed by atoms with Gasteiger partial charge in [-0.05, 0) is 69.5 Å². The van der Waals surface area contributed by atoms with Gasteiger partial charge < -0.3 is 10.1 Å². The van der Waals surface area contributed by atoms with Crippen LogP contribution in [-0.2, 0) is 4.74 Å². The number of ether oxygens (including phenoxy) is 1. The number of benzene rings is 1. The fraction of sp³-hybridized carbons (Fsp3) is 0.368. The van der Waals surface area contributed by atoms with Gasteiger partial charge in [-0.15, -0.1) is 0 Å². The highest BCUT2D eigenvalue weighted by atomic mass is 32.2. The summed E-state index contributed by atoms with van der Waals surface area (Å²) in [5, 5.41) is 3.42. The Morgan fingerprint density at radius 3 is 2.55 bits per heavy atom. The Hall–Kier alpha value is -1.61. The van der Waals surface area contributed by atoms with Gasteiger partial charge in [0.15, 0.2) is 0 Å². The van der Waals surface area contributed by atoms with E-state index in [2.05, 4.69) is 44.8 Å². The molecule has 0 fully saturated rings. The first-order valence-electron chi connectivity index (χ1n) is 7.66. The number of allylic oxidation sites excluding steroid dienone is 3. The summed E-state index contributed by atoms with van der Waals surface area (Å²) in [7, 11) is 0. The van der Waals surface area contributed by atoms with Crippen LogP contribution in [0, 0.1) is 13.8 Å². The smallest absolute Gasteiger partial charge is 0.0857 e. The fourth-order valence-electron chi connectivity index (χ4n) is 1.86. The molecule has 0 spiro atoms. The maximum Gasteiger partial charge on any atom is 0.0857 e. The molecule has 0 amide bonds. The Bertz CT molecular complexity index is 573. The maximum atomic E-state index is 5.27. The van der Waals surface area contributed by atoms with Gasteiger partial charge in [-0.25, -0.2) is 0 Å². The van der Waals surface area contributed by atoms with Gasteiger partial charge in [-0.2, -0.15) is 0 Å². The molecule has 0 radical (unpaired) electrons. The SMILES string of the molecule is C=C(C=CC(C)=COCC)Sc1cc(C)c(C)cc1NCC. The van der Waals surface area contributed by atoms with Crippen molar-refractivity contribution in [2.45, 2.75) is 39.5 Å². The van der Waals surface area contributed by atoms with E-state index >= 15 is 0 Å². The summed E-state index contributed by atoms with van der Waals surface area (Å²) < 4.78 is 5.27. The molecule has 120 valence electrons. The van der Waals surface area contributed by atoms with Gasteiger partial charge in [0.05, 0.1) is 12.9 Å². The number of anilines is 1. The highest BCUT2D eigenvalue weighted by molar-refractivity contribution is 8.03. The van der Waals surface area contributed by atoms with E-state index in [0.29, 0.717) is 6.61 Å². The van der Waals surface area contributed by atoms with Crippen LogP contribution in [0.25, 0.3) is 0 Å². The molecule has 0 saturated carbocycles. The highest BCUT2D eigenvalue weighted by Crippen LogP contribution is 2.34. The highest BCUT2D eigenvalue weighted by Gasteiger charge is 2.06. The van der Waals surface area contributed by atoms with Crippen molar-refractivity contribution >= 4 is 17.4 Å². The maximum absolute atomic E-state index is 5.27. The standard InChI is InChI=1S/C19H27NOS/c1-7-20-18-11-15(4)16(5)12-19(18)22-17(6)10-9-14(3)13-21-8-2/h9-13,20H,6-8H2,1-5H3. The minimum atomic E-state index is 0.690. The predicted octanol–water partition coefficient (Wildman–Crippen LogP) is 5.84. The molecule has 0 aromatic heterocycles. The van der Waals surface area contributed by atoms with Crippen LogP contribution in [0.5, 0.6) is 0 Å². The van der Waals surface area contributed by atoms with Gasteiger partial charge in [0, 0.05) is 22.0 Å². The Morgan fingerprint density at radius 1 is 1.23 bits per heavy atom. The molecule has 3 heteroatoms. The van der Waals surface area contributed by atoms with E-state index in [9.17, 15) is 0 Å². The Morgan fingerprint density at radius 2 is 1.91 bits per heavy atom. The first-order chi connectivity index (χ1) is 10.5. The van der Waals surface area contributed by atoms with E-state index in [-0.39, 0.29) is 0 Å². The van der Waals surface area contributed by atoms with Crippen LogP contribution in [0.3, 0.4) is 0 Å². The summed E-state index contributed by atoms with van der Waals surface area (Å²) in [5.41, 5.74) is 4.85. The van der Waals surface area contributed by atoms with Crippen molar-refractivity contribution in [2.75, 3.05) is 18.5 Å². The summed E-state index contributed by atoms with van der Waals surface area (Å²) in [6, 6.07) is 4.43. The summed E-state index contributed by atoms with van der Waals surface area (Å²) in [4.78, 5) is 2.22. The second kappa shape index (κ2) is 9.42. The van der Waals surface area contributed by atoms with E-state index in [1.807, 2.05) is 26.0 Å². The van der Waals surface area contributed by atoms with E-state index < -0.39 is 0 Å². The molecule has 1 aromatic rings. The van der Waals surface area contributed by atoms with Gasteiger partial charge in [0.1, 0.15) is 0 Å². The van der Waals surface area contributed by atoms with Crippen LogP contribution in [0.1, 0.15) is 31.9 Å². The zero-order valence-electron chi connectivity index (χ0n) is 14.3. The van der Waals surface area contributed by atoms with Crippen molar-refractivity contribution in [1.29, 1.82) is 0 Å². The topological polar surface area (TPSA) is 21.3 Å². The quantitative estimate of drug-likeness (QED) is 0.370. The van der Waals surface area contributed by atoms with Crippen LogP contribution in [0.2, 0.25) is 0 Å². The molecular weight excluding hydrogens is 290 g/mol. The minimum absolute atomic E-state index is 0.690. The van der Waals surface area contributed by atoms with Crippen molar-refractivity contribution < 1.29 is 4.74 Å². The molecule has 22 heavy (non-hydrogen) atoms. The lowest BCUT2D eigenvalue weighted by atomic mass is 10.1. The van der Waals surface area contributed by atoms with Crippen LogP contribution >= 0.6 is 11.8 Å². The molecule has 1 aromatic carbocycles. The minimum Gasteiger partial charge on any atom is -0.501 e. The van der Waals surface area contributed by atoms with Gasteiger partial charge in [0.2, 0.25) is 0 Å². The van der Waals surface area contributed by atoms with Gasteiger partial charge in [-0.3, -0.25) is 0 Å². The normalized spacial score (nSPS) is 11.8. The zero-order valence-corrected chi connectivity index (χ0v) is 15.1. The van der Waals surface area contributed by atoms with Gasteiger partial charge in [0.25, 0.3) is 0 Å². The van der Waals surface area contributed by atoms with Crippen molar-refractivity contribution in [1.82, 2.24) is 0 Å². The molecule has 0 unspecified atom stereocenters. The van der Waals surface area contributed by atoms with E-state index in [1.165, 1.54) is 21.7 Å². The zero-order chi connectivity index (χ0) is 16.5. The van der Waals surface area contributed by atoms with E-state index in [0.717, 1.165) is 17.0 Å². The molecule has 0 bridgehead atoms. The molecule has 0 atom stereocenters. The molecule has 0 aliphatic heterocycles. The van der Waals surface area contributed by atoms with Crippen molar-refractivity contribution in [3.8, 4) is 0 Å². The molecule has 1 rings (SSSR count). The average Bonchev–Trinajstić information content (AvgIpc) is 2.48. The van der Waals surface area contributed by atoms with Gasteiger partial charge in [-0.1, -0.05) is 24.4 Å². The molecular formula is C19H27NOS. The van der Waals surface area contributed by atoms with Crippen molar-refractivity contribution in [3.63, 3.8) is 0 Å². The first-order valence-corrected chi connectivity index (χ1v) is 8.47. The lowest BCUT2D eigenvalue weighted by Crippen LogP contribution is -1.99. The second-order valence-corrected chi connectivity index (χ2v) is 6.35. The largest absolute Gasteiger partial charge is 0.501 e. The third kappa shape index (κ3) is 6.02. The summed E-state index contributed by atoms with van der Waals surface area (Å²) >= 11 is 1.69. The molecule has 1 N–H and O–H groups in total. The number of nitrogens with one attached hydrogen (secondary N) is 1. The van der Waals surface area contributed by atoms with Crippen LogP contribution < -0.4 is 5.32 Å². The number of hydrogen-bond acceptors (Lipinski definition) is 3. The number of rotatable bonds is 8. The summed E-state index contributed by atoms with van der Waals surface area (Å²) in [6.45, 7) is 16.1. The third-order valence-electron chi connectivity index (χ3n) is 3.17. The molecule has 0 heterocycles. The number of thioether (sulfide) groups is 1. The molecule has 0 aliphatic carbocycles. The molecule has 0 saturated heterocycles. The lowest BCUT2D eigenvalue weighted by molar-refractivity contribution is 0.267. The van der Waals surface area contributed by atoms with E-state index in [4.69, 9.17) is 4.74 Å². The van der Waals surface area contributed by atoms with Crippen LogP contribution in [-0.4, -0.2) is 13.2 Å². The predicted molar refractivity (Wildman–Crippen MR) is 99.6 cm³/mol. The third-order valence-corrected chi connectivity index (χ3v) is 4.13. The van der Waals surface area contributed by atoms with Crippen LogP contribution in [0.4, 0.5) is 5.69 Å².